The molecule has 2 N–H and O–H groups in total. The number of nitrogens with zero attached hydrogens (tertiary/aromatic N) is 3. The van der Waals surface area contributed by atoms with E-state index in [4.69, 9.17) is 9.47 Å². The van der Waals surface area contributed by atoms with E-state index < -0.39 is 5.60 Å². The highest BCUT2D eigenvalue weighted by molar-refractivity contribution is 5.33. The molecular formula is C18H23N3O4. The lowest BCUT2D eigenvalue weighted by Gasteiger charge is -2.38. The topological polar surface area (TPSA) is 87.9 Å². The highest BCUT2D eigenvalue weighted by Crippen LogP contribution is 2.37. The van der Waals surface area contributed by atoms with Gasteiger partial charge in [0.25, 0.3) is 0 Å². The van der Waals surface area contributed by atoms with Crippen molar-refractivity contribution in [2.45, 2.75) is 25.0 Å². The Morgan fingerprint density at radius 2 is 1.88 bits per heavy atom. The summed E-state index contributed by atoms with van der Waals surface area (Å²) in [5.74, 6) is 0.636. The van der Waals surface area contributed by atoms with Crippen LogP contribution in [0.4, 0.5) is 0 Å². The molecule has 1 fully saturated rings. The van der Waals surface area contributed by atoms with Crippen LogP contribution in [0, 0.1) is 0 Å². The van der Waals surface area contributed by atoms with Gasteiger partial charge >= 0.3 is 6.01 Å². The van der Waals surface area contributed by atoms with Crippen LogP contribution in [0.5, 0.6) is 17.6 Å². The van der Waals surface area contributed by atoms with E-state index in [0.717, 1.165) is 5.56 Å². The van der Waals surface area contributed by atoms with E-state index >= 15 is 0 Å². The van der Waals surface area contributed by atoms with Gasteiger partial charge in [0.15, 0.2) is 0 Å². The predicted octanol–water partition coefficient (Wildman–Crippen LogP) is 1.68. The molecule has 0 spiro atoms. The number of hydrogen-bond donors (Lipinski definition) is 2. The monoisotopic (exact) mass is 345 g/mol. The van der Waals surface area contributed by atoms with Gasteiger partial charge in [0.1, 0.15) is 5.75 Å². The lowest BCUT2D eigenvalue weighted by atomic mass is 9.85. The Morgan fingerprint density at radius 1 is 1.16 bits per heavy atom. The molecule has 7 heteroatoms. The highest BCUT2D eigenvalue weighted by atomic mass is 16.5. The van der Waals surface area contributed by atoms with E-state index in [-0.39, 0.29) is 6.01 Å². The van der Waals surface area contributed by atoms with Crippen LogP contribution in [-0.4, -0.2) is 52.4 Å². The molecule has 0 radical (unpaired) electrons. The fourth-order valence-electron chi connectivity index (χ4n) is 3.16. The largest absolute Gasteiger partial charge is 0.508 e. The summed E-state index contributed by atoms with van der Waals surface area (Å²) in [6.45, 7) is 2.04. The molecule has 134 valence electrons. The summed E-state index contributed by atoms with van der Waals surface area (Å²) in [4.78, 5) is 10.5. The second kappa shape index (κ2) is 7.25. The highest BCUT2D eigenvalue weighted by Gasteiger charge is 2.37. The molecule has 2 aromatic rings. The first-order valence-electron chi connectivity index (χ1n) is 8.23. The molecule has 1 saturated heterocycles. The molecule has 25 heavy (non-hydrogen) atoms. The fraction of sp³-hybridized carbons (Fsp3) is 0.444. The van der Waals surface area contributed by atoms with Crippen molar-refractivity contribution in [1.82, 2.24) is 14.9 Å². The molecule has 0 amide bonds. The first kappa shape index (κ1) is 17.4. The molecule has 3 rings (SSSR count). The third kappa shape index (κ3) is 3.67. The van der Waals surface area contributed by atoms with Crippen LogP contribution in [0.25, 0.3) is 0 Å². The van der Waals surface area contributed by atoms with Gasteiger partial charge in [-0.1, -0.05) is 18.2 Å². The minimum atomic E-state index is -1.03. The van der Waals surface area contributed by atoms with E-state index in [2.05, 4.69) is 14.9 Å². The van der Waals surface area contributed by atoms with E-state index in [1.165, 1.54) is 14.2 Å². The zero-order valence-corrected chi connectivity index (χ0v) is 14.5. The van der Waals surface area contributed by atoms with Crippen LogP contribution in [0.2, 0.25) is 0 Å². The van der Waals surface area contributed by atoms with Gasteiger partial charge in [-0.25, -0.2) is 4.98 Å². The SMILES string of the molecule is COc1ncc(C2(O)CCN(Cc3ccccc3O)CC2)c(OC)n1. The molecule has 1 aromatic heterocycles. The Balaban J connectivity index is 1.71. The summed E-state index contributed by atoms with van der Waals surface area (Å²) in [6, 6.07) is 7.53. The van der Waals surface area contributed by atoms with E-state index in [9.17, 15) is 10.2 Å². The zero-order valence-electron chi connectivity index (χ0n) is 14.5. The zero-order chi connectivity index (χ0) is 17.9. The van der Waals surface area contributed by atoms with Crippen LogP contribution in [0.15, 0.2) is 30.5 Å². The molecule has 1 aliphatic rings. The molecule has 0 atom stereocenters. The summed E-state index contributed by atoms with van der Waals surface area (Å²) in [5.41, 5.74) is 0.434. The van der Waals surface area contributed by atoms with Crippen LogP contribution in [-0.2, 0) is 12.1 Å². The standard InChI is InChI=1S/C18H23N3O4/c1-24-16-14(11-19-17(20-16)25-2)18(23)7-9-21(10-8-18)12-13-5-3-4-6-15(13)22/h3-6,11,22-23H,7-10,12H2,1-2H3. The van der Waals surface area contributed by atoms with E-state index in [1.54, 1.807) is 12.3 Å². The quantitative estimate of drug-likeness (QED) is 0.852. The number of hydrogen-bond acceptors (Lipinski definition) is 7. The van der Waals surface area contributed by atoms with Crippen molar-refractivity contribution in [3.05, 3.63) is 41.6 Å². The molecule has 0 bridgehead atoms. The lowest BCUT2D eigenvalue weighted by molar-refractivity contribution is -0.0301. The van der Waals surface area contributed by atoms with Crippen LogP contribution in [0.3, 0.4) is 0 Å². The summed E-state index contributed by atoms with van der Waals surface area (Å²) in [6.07, 6.45) is 2.64. The number of aliphatic hydroxyl groups is 1. The van der Waals surface area contributed by atoms with Crippen molar-refractivity contribution in [3.63, 3.8) is 0 Å². The van der Waals surface area contributed by atoms with Gasteiger partial charge in [-0.2, -0.15) is 4.98 Å². The number of ether oxygens (including phenoxy) is 2. The molecule has 1 aromatic carbocycles. The number of aromatic hydroxyl groups is 1. The van der Waals surface area contributed by atoms with Crippen LogP contribution < -0.4 is 9.47 Å². The molecular weight excluding hydrogens is 322 g/mol. The second-order valence-electron chi connectivity index (χ2n) is 6.22. The Morgan fingerprint density at radius 3 is 2.52 bits per heavy atom. The number of phenolic OH excluding ortho intramolecular Hbond substituents is 1. The van der Waals surface area contributed by atoms with Crippen molar-refractivity contribution in [2.24, 2.45) is 0 Å². The Bertz CT molecular complexity index is 730. The summed E-state index contributed by atoms with van der Waals surface area (Å²) < 4.78 is 10.3. The normalized spacial score (nSPS) is 17.2. The number of piperidine rings is 1. The molecule has 7 nitrogen and oxygen atoms in total. The summed E-state index contributed by atoms with van der Waals surface area (Å²) in [7, 11) is 3.00. The summed E-state index contributed by atoms with van der Waals surface area (Å²) in [5, 5.41) is 21.0. The number of rotatable bonds is 5. The summed E-state index contributed by atoms with van der Waals surface area (Å²) >= 11 is 0. The molecule has 1 aliphatic heterocycles. The number of phenols is 1. The van der Waals surface area contributed by atoms with Gasteiger partial charge in [-0.15, -0.1) is 0 Å². The smallest absolute Gasteiger partial charge is 0.319 e. The minimum Gasteiger partial charge on any atom is -0.508 e. The maximum atomic E-state index is 11.1. The third-order valence-corrected chi connectivity index (χ3v) is 4.68. The maximum Gasteiger partial charge on any atom is 0.319 e. The van der Waals surface area contributed by atoms with Gasteiger partial charge < -0.3 is 19.7 Å². The Kier molecular flexibility index (Phi) is 5.06. The van der Waals surface area contributed by atoms with E-state index in [1.807, 2.05) is 18.2 Å². The van der Waals surface area contributed by atoms with Crippen LogP contribution in [0.1, 0.15) is 24.0 Å². The van der Waals surface area contributed by atoms with Crippen molar-refractivity contribution < 1.29 is 19.7 Å². The van der Waals surface area contributed by atoms with Crippen molar-refractivity contribution in [3.8, 4) is 17.6 Å². The van der Waals surface area contributed by atoms with Gasteiger partial charge in [0.2, 0.25) is 5.88 Å². The Labute approximate surface area is 146 Å². The van der Waals surface area contributed by atoms with Crippen molar-refractivity contribution >= 4 is 0 Å². The maximum absolute atomic E-state index is 11.1. The molecule has 2 heterocycles. The molecule has 0 saturated carbocycles. The average Bonchev–Trinajstić information content (AvgIpc) is 2.65. The minimum absolute atomic E-state index is 0.209. The molecule has 0 unspecified atom stereocenters. The van der Waals surface area contributed by atoms with Crippen LogP contribution >= 0.6 is 0 Å². The number of methoxy groups -OCH3 is 2. The predicted molar refractivity (Wildman–Crippen MR) is 91.7 cm³/mol. The molecule has 0 aliphatic carbocycles. The van der Waals surface area contributed by atoms with Crippen molar-refractivity contribution in [1.29, 1.82) is 0 Å². The van der Waals surface area contributed by atoms with Gasteiger partial charge in [0.05, 0.1) is 25.4 Å². The fourth-order valence-corrected chi connectivity index (χ4v) is 3.16. The second-order valence-corrected chi connectivity index (χ2v) is 6.22. The first-order chi connectivity index (χ1) is 12.1. The van der Waals surface area contributed by atoms with Gasteiger partial charge in [-0.05, 0) is 18.9 Å². The average molecular weight is 345 g/mol. The van der Waals surface area contributed by atoms with E-state index in [0.29, 0.717) is 49.7 Å². The van der Waals surface area contributed by atoms with Crippen molar-refractivity contribution in [2.75, 3.05) is 27.3 Å². The Hall–Kier alpha value is -2.38. The number of benzene rings is 1. The number of aromatic nitrogens is 2. The third-order valence-electron chi connectivity index (χ3n) is 4.68. The van der Waals surface area contributed by atoms with Gasteiger partial charge in [0, 0.05) is 31.4 Å². The lowest BCUT2D eigenvalue weighted by Crippen LogP contribution is -2.42. The number of para-hydroxylation sites is 1. The number of likely N-dealkylation sites (tertiary alicyclic amines) is 1. The van der Waals surface area contributed by atoms with Gasteiger partial charge in [-0.3, -0.25) is 4.90 Å². The first-order valence-corrected chi connectivity index (χ1v) is 8.23.